The molecule has 0 saturated carbocycles. The average Bonchev–Trinajstić information content (AvgIpc) is 3.09. The van der Waals surface area contributed by atoms with Crippen molar-refractivity contribution in [3.63, 3.8) is 0 Å². The summed E-state index contributed by atoms with van der Waals surface area (Å²) in [5.74, 6) is 0.625. The van der Waals surface area contributed by atoms with E-state index in [1.807, 2.05) is 13.0 Å². The van der Waals surface area contributed by atoms with Crippen LogP contribution in [0, 0.1) is 6.92 Å². The lowest BCUT2D eigenvalue weighted by Crippen LogP contribution is -2.17. The number of furan rings is 1. The van der Waals surface area contributed by atoms with Crippen molar-refractivity contribution in [2.75, 3.05) is 5.32 Å². The number of fused-ring (bicyclic) bond motifs is 1. The molecule has 0 aliphatic heterocycles. The highest BCUT2D eigenvalue weighted by atomic mass is 32.1. The van der Waals surface area contributed by atoms with E-state index in [0.29, 0.717) is 16.3 Å². The van der Waals surface area contributed by atoms with Gasteiger partial charge in [-0.05, 0) is 56.4 Å². The molecule has 0 unspecified atom stereocenters. The molecule has 1 aliphatic carbocycles. The highest BCUT2D eigenvalue weighted by Gasteiger charge is 2.23. The van der Waals surface area contributed by atoms with Gasteiger partial charge in [-0.2, -0.15) is 0 Å². The van der Waals surface area contributed by atoms with Gasteiger partial charge in [-0.1, -0.05) is 12.8 Å². The highest BCUT2D eigenvalue weighted by molar-refractivity contribution is 7.17. The first-order valence-electron chi connectivity index (χ1n) is 8.54. The third-order valence-corrected chi connectivity index (χ3v) is 5.52. The first kappa shape index (κ1) is 17.5. The van der Waals surface area contributed by atoms with Crippen molar-refractivity contribution in [1.29, 1.82) is 0 Å². The Morgan fingerprint density at radius 2 is 1.96 bits per heavy atom. The van der Waals surface area contributed by atoms with Gasteiger partial charge in [0.25, 0.3) is 5.91 Å². The van der Waals surface area contributed by atoms with E-state index < -0.39 is 5.91 Å². The molecule has 3 N–H and O–H groups in total. The van der Waals surface area contributed by atoms with Crippen LogP contribution < -0.4 is 11.1 Å². The number of nitrogens with two attached hydrogens (primary N) is 1. The number of primary amides is 1. The van der Waals surface area contributed by atoms with Gasteiger partial charge in [0.1, 0.15) is 16.5 Å². The third-order valence-electron chi connectivity index (χ3n) is 4.31. The van der Waals surface area contributed by atoms with Gasteiger partial charge in [-0.15, -0.1) is 11.3 Å². The maximum absolute atomic E-state index is 12.2. The number of nitrogens with one attached hydrogen (secondary N) is 1. The molecular weight excluding hydrogens is 336 g/mol. The van der Waals surface area contributed by atoms with E-state index in [2.05, 4.69) is 5.32 Å². The Hall–Kier alpha value is -2.34. The molecular formula is C19H22N2O3S. The van der Waals surface area contributed by atoms with Crippen molar-refractivity contribution in [2.45, 2.75) is 45.4 Å². The Morgan fingerprint density at radius 1 is 1.20 bits per heavy atom. The monoisotopic (exact) mass is 358 g/mol. The van der Waals surface area contributed by atoms with Crippen molar-refractivity contribution in [3.05, 3.63) is 45.7 Å². The van der Waals surface area contributed by atoms with Crippen LogP contribution in [0.3, 0.4) is 0 Å². The molecule has 6 heteroatoms. The van der Waals surface area contributed by atoms with Gasteiger partial charge in [0, 0.05) is 11.0 Å². The van der Waals surface area contributed by atoms with E-state index in [1.54, 1.807) is 12.1 Å². The van der Waals surface area contributed by atoms with Gasteiger partial charge in [0.2, 0.25) is 5.91 Å². The van der Waals surface area contributed by atoms with Crippen LogP contribution in [0.4, 0.5) is 5.00 Å². The van der Waals surface area contributed by atoms with Gasteiger partial charge < -0.3 is 15.5 Å². The summed E-state index contributed by atoms with van der Waals surface area (Å²) in [6, 6.07) is 3.63. The minimum atomic E-state index is -0.473. The fourth-order valence-corrected chi connectivity index (χ4v) is 4.42. The minimum Gasteiger partial charge on any atom is -0.462 e. The molecule has 3 rings (SSSR count). The Kier molecular flexibility index (Phi) is 5.38. The van der Waals surface area contributed by atoms with E-state index >= 15 is 0 Å². The summed E-state index contributed by atoms with van der Waals surface area (Å²) >= 11 is 1.48. The lowest BCUT2D eigenvalue weighted by Gasteiger charge is -2.10. The second-order valence-electron chi connectivity index (χ2n) is 6.26. The average molecular weight is 358 g/mol. The molecule has 0 atom stereocenters. The van der Waals surface area contributed by atoms with E-state index in [4.69, 9.17) is 10.2 Å². The van der Waals surface area contributed by atoms with Gasteiger partial charge in [0.15, 0.2) is 0 Å². The molecule has 0 aromatic carbocycles. The van der Waals surface area contributed by atoms with E-state index in [-0.39, 0.29) is 5.91 Å². The van der Waals surface area contributed by atoms with E-state index in [9.17, 15) is 9.59 Å². The maximum Gasteiger partial charge on any atom is 0.251 e. The number of carbonyl (C=O) groups is 2. The minimum absolute atomic E-state index is 0.300. The summed E-state index contributed by atoms with van der Waals surface area (Å²) in [6.45, 7) is 1.85. The maximum atomic E-state index is 12.2. The summed E-state index contributed by atoms with van der Waals surface area (Å²) < 4.78 is 5.40. The number of hydrogen-bond acceptors (Lipinski definition) is 4. The van der Waals surface area contributed by atoms with Gasteiger partial charge in [-0.3, -0.25) is 9.59 Å². The number of thiophene rings is 1. The molecule has 2 heterocycles. The van der Waals surface area contributed by atoms with Crippen LogP contribution in [0.5, 0.6) is 0 Å². The van der Waals surface area contributed by atoms with Gasteiger partial charge >= 0.3 is 0 Å². The number of amides is 2. The number of carbonyl (C=O) groups excluding carboxylic acids is 2. The Bertz CT molecular complexity index is 817. The molecule has 0 bridgehead atoms. The number of hydrogen-bond donors (Lipinski definition) is 2. The van der Waals surface area contributed by atoms with Crippen LogP contribution >= 0.6 is 11.3 Å². The fourth-order valence-electron chi connectivity index (χ4n) is 3.12. The van der Waals surface area contributed by atoms with Crippen molar-refractivity contribution >= 4 is 34.2 Å². The van der Waals surface area contributed by atoms with Crippen LogP contribution in [0.15, 0.2) is 22.6 Å². The predicted molar refractivity (Wildman–Crippen MR) is 99.8 cm³/mol. The topological polar surface area (TPSA) is 85.3 Å². The number of rotatable bonds is 4. The van der Waals surface area contributed by atoms with Crippen LogP contribution in [0.1, 0.15) is 58.0 Å². The second-order valence-corrected chi connectivity index (χ2v) is 7.36. The smallest absolute Gasteiger partial charge is 0.251 e. The summed E-state index contributed by atoms with van der Waals surface area (Å²) in [6.07, 6.45) is 9.33. The van der Waals surface area contributed by atoms with Crippen LogP contribution in [-0.2, 0) is 17.6 Å². The molecule has 1 aliphatic rings. The quantitative estimate of drug-likeness (QED) is 0.808. The Labute approximate surface area is 150 Å². The van der Waals surface area contributed by atoms with Gasteiger partial charge in [-0.25, -0.2) is 0 Å². The molecule has 5 nitrogen and oxygen atoms in total. The lowest BCUT2D eigenvalue weighted by molar-refractivity contribution is -0.111. The van der Waals surface area contributed by atoms with Crippen LogP contribution in [-0.4, -0.2) is 11.8 Å². The SMILES string of the molecule is Cc1ccc(/C=C/C(=O)Nc2sc3c(c2C(N)=O)CCCCCC3)o1. The summed E-state index contributed by atoms with van der Waals surface area (Å²) in [5, 5.41) is 3.38. The van der Waals surface area contributed by atoms with Crippen molar-refractivity contribution < 1.29 is 14.0 Å². The van der Waals surface area contributed by atoms with Crippen molar-refractivity contribution in [3.8, 4) is 0 Å². The van der Waals surface area contributed by atoms with Crippen molar-refractivity contribution in [1.82, 2.24) is 0 Å². The zero-order valence-corrected chi connectivity index (χ0v) is 15.1. The highest BCUT2D eigenvalue weighted by Crippen LogP contribution is 2.36. The molecule has 0 saturated heterocycles. The predicted octanol–water partition coefficient (Wildman–Crippen LogP) is 4.06. The molecule has 0 spiro atoms. The standard InChI is InChI=1S/C19H22N2O3S/c1-12-8-9-13(24-12)10-11-16(22)21-19-17(18(20)23)14-6-4-2-3-5-7-15(14)25-19/h8-11H,2-7H2,1H3,(H2,20,23)(H,21,22)/b11-10+. The zero-order valence-electron chi connectivity index (χ0n) is 14.3. The molecule has 0 radical (unpaired) electrons. The molecule has 0 fully saturated rings. The lowest BCUT2D eigenvalue weighted by atomic mass is 9.96. The van der Waals surface area contributed by atoms with Crippen LogP contribution in [0.2, 0.25) is 0 Å². The largest absolute Gasteiger partial charge is 0.462 e. The summed E-state index contributed by atoms with van der Waals surface area (Å²) in [7, 11) is 0. The van der Waals surface area contributed by atoms with Crippen LogP contribution in [0.25, 0.3) is 6.08 Å². The van der Waals surface area contributed by atoms with E-state index in [0.717, 1.165) is 37.0 Å². The first-order valence-corrected chi connectivity index (χ1v) is 9.36. The van der Waals surface area contributed by atoms with Gasteiger partial charge in [0.05, 0.1) is 5.56 Å². The Balaban J connectivity index is 1.81. The molecule has 2 amide bonds. The normalized spacial score (nSPS) is 14.8. The zero-order chi connectivity index (χ0) is 17.8. The summed E-state index contributed by atoms with van der Waals surface area (Å²) in [4.78, 5) is 25.4. The molecule has 25 heavy (non-hydrogen) atoms. The van der Waals surface area contributed by atoms with Crippen molar-refractivity contribution in [2.24, 2.45) is 5.73 Å². The second kappa shape index (κ2) is 7.70. The number of anilines is 1. The Morgan fingerprint density at radius 3 is 2.64 bits per heavy atom. The van der Waals surface area contributed by atoms with E-state index in [1.165, 1.54) is 35.1 Å². The molecule has 2 aromatic rings. The molecule has 132 valence electrons. The third kappa shape index (κ3) is 4.20. The first-order chi connectivity index (χ1) is 12.0. The summed E-state index contributed by atoms with van der Waals surface area (Å²) in [5.41, 5.74) is 7.11. The fraction of sp³-hybridized carbons (Fsp3) is 0.368. The number of aryl methyl sites for hydroxylation is 2. The molecule has 2 aromatic heterocycles.